The molecule has 2 saturated heterocycles. The SMILES string of the molecule is CN1CCN(Cc2nnc(C3CCN(Cc4ncc[nH]4)CC3)n2C)CC1. The van der Waals surface area contributed by atoms with E-state index in [0.717, 1.165) is 82.7 Å². The van der Waals surface area contributed by atoms with Crippen molar-refractivity contribution in [2.45, 2.75) is 31.8 Å². The Labute approximate surface area is 155 Å². The van der Waals surface area contributed by atoms with Crippen LogP contribution < -0.4 is 0 Å². The van der Waals surface area contributed by atoms with E-state index in [1.807, 2.05) is 12.4 Å². The number of hydrogen-bond donors (Lipinski definition) is 1. The lowest BCUT2D eigenvalue weighted by molar-refractivity contribution is 0.144. The van der Waals surface area contributed by atoms with Gasteiger partial charge in [0.1, 0.15) is 17.5 Å². The average molecular weight is 358 g/mol. The number of aromatic amines is 1. The standard InChI is InChI=1S/C18H30N8/c1-23-9-11-26(12-10-23)14-17-21-22-18(24(17)2)15-3-7-25(8-4-15)13-16-19-5-6-20-16/h5-6,15H,3-4,7-14H2,1-2H3,(H,19,20). The minimum Gasteiger partial charge on any atom is -0.348 e. The fourth-order valence-corrected chi connectivity index (χ4v) is 4.02. The Morgan fingerprint density at radius 1 is 0.962 bits per heavy atom. The molecule has 4 heterocycles. The monoisotopic (exact) mass is 358 g/mol. The first-order valence-electron chi connectivity index (χ1n) is 9.68. The van der Waals surface area contributed by atoms with E-state index in [2.05, 4.69) is 53.5 Å². The Bertz CT molecular complexity index is 678. The van der Waals surface area contributed by atoms with Crippen molar-refractivity contribution in [1.29, 1.82) is 0 Å². The summed E-state index contributed by atoms with van der Waals surface area (Å²) in [5.74, 6) is 3.83. The van der Waals surface area contributed by atoms with Gasteiger partial charge in [-0.1, -0.05) is 0 Å². The molecule has 8 nitrogen and oxygen atoms in total. The van der Waals surface area contributed by atoms with Crippen molar-refractivity contribution < 1.29 is 0 Å². The van der Waals surface area contributed by atoms with Gasteiger partial charge in [-0.05, 0) is 33.0 Å². The molecule has 2 aromatic heterocycles. The zero-order chi connectivity index (χ0) is 17.9. The van der Waals surface area contributed by atoms with Crippen molar-refractivity contribution in [3.05, 3.63) is 29.9 Å². The number of H-pyrrole nitrogens is 1. The molecule has 0 bridgehead atoms. The lowest BCUT2D eigenvalue weighted by atomic mass is 9.96. The van der Waals surface area contributed by atoms with E-state index in [4.69, 9.17) is 0 Å². The van der Waals surface area contributed by atoms with Crippen molar-refractivity contribution >= 4 is 0 Å². The topological polar surface area (TPSA) is 69.1 Å². The van der Waals surface area contributed by atoms with Crippen molar-refractivity contribution in [3.63, 3.8) is 0 Å². The lowest BCUT2D eigenvalue weighted by Gasteiger charge is -2.32. The molecule has 2 aliphatic rings. The Hall–Kier alpha value is -1.77. The van der Waals surface area contributed by atoms with Crippen LogP contribution in [0.3, 0.4) is 0 Å². The first-order chi connectivity index (χ1) is 12.7. The van der Waals surface area contributed by atoms with Crippen LogP contribution in [0.5, 0.6) is 0 Å². The highest BCUT2D eigenvalue weighted by atomic mass is 15.3. The summed E-state index contributed by atoms with van der Waals surface area (Å²) in [4.78, 5) is 14.9. The molecule has 0 unspecified atom stereocenters. The van der Waals surface area contributed by atoms with Crippen molar-refractivity contribution in [1.82, 2.24) is 39.4 Å². The van der Waals surface area contributed by atoms with E-state index in [1.165, 1.54) is 0 Å². The second kappa shape index (κ2) is 7.85. The summed E-state index contributed by atoms with van der Waals surface area (Å²) in [6.07, 6.45) is 6.00. The van der Waals surface area contributed by atoms with Gasteiger partial charge in [0, 0.05) is 51.5 Å². The van der Waals surface area contributed by atoms with E-state index in [-0.39, 0.29) is 0 Å². The van der Waals surface area contributed by atoms with Crippen molar-refractivity contribution in [3.8, 4) is 0 Å². The van der Waals surface area contributed by atoms with Crippen LogP contribution >= 0.6 is 0 Å². The average Bonchev–Trinajstić information content (AvgIpc) is 3.28. The molecule has 0 radical (unpaired) electrons. The number of piperidine rings is 1. The summed E-state index contributed by atoms with van der Waals surface area (Å²) in [5.41, 5.74) is 0. The van der Waals surface area contributed by atoms with Gasteiger partial charge in [-0.2, -0.15) is 0 Å². The fraction of sp³-hybridized carbons (Fsp3) is 0.722. The second-order valence-electron chi connectivity index (χ2n) is 7.70. The maximum atomic E-state index is 4.56. The molecule has 0 spiro atoms. The van der Waals surface area contributed by atoms with Crippen LogP contribution in [0.4, 0.5) is 0 Å². The van der Waals surface area contributed by atoms with Crippen LogP contribution in [-0.4, -0.2) is 85.7 Å². The first-order valence-corrected chi connectivity index (χ1v) is 9.68. The highest BCUT2D eigenvalue weighted by Crippen LogP contribution is 2.27. The number of likely N-dealkylation sites (tertiary alicyclic amines) is 1. The Morgan fingerprint density at radius 2 is 1.69 bits per heavy atom. The summed E-state index contributed by atoms with van der Waals surface area (Å²) in [6, 6.07) is 0. The van der Waals surface area contributed by atoms with Crippen molar-refractivity contribution in [2.75, 3.05) is 46.3 Å². The van der Waals surface area contributed by atoms with E-state index >= 15 is 0 Å². The van der Waals surface area contributed by atoms with Crippen LogP contribution in [0.15, 0.2) is 12.4 Å². The highest BCUT2D eigenvalue weighted by Gasteiger charge is 2.26. The van der Waals surface area contributed by atoms with Gasteiger partial charge in [0.05, 0.1) is 13.1 Å². The minimum atomic E-state index is 0.515. The number of nitrogens with one attached hydrogen (secondary N) is 1. The molecule has 8 heteroatoms. The summed E-state index contributed by atoms with van der Waals surface area (Å²) < 4.78 is 2.24. The van der Waals surface area contributed by atoms with Crippen LogP contribution in [-0.2, 0) is 20.1 Å². The molecule has 4 rings (SSSR count). The van der Waals surface area contributed by atoms with Gasteiger partial charge in [0.15, 0.2) is 0 Å². The molecule has 0 atom stereocenters. The molecule has 0 aromatic carbocycles. The molecular weight excluding hydrogens is 328 g/mol. The number of aromatic nitrogens is 5. The van der Waals surface area contributed by atoms with E-state index in [0.29, 0.717) is 5.92 Å². The number of hydrogen-bond acceptors (Lipinski definition) is 6. The van der Waals surface area contributed by atoms with Crippen LogP contribution in [0, 0.1) is 0 Å². The molecule has 0 aliphatic carbocycles. The number of piperazine rings is 1. The lowest BCUT2D eigenvalue weighted by Crippen LogP contribution is -2.44. The molecule has 2 fully saturated rings. The van der Waals surface area contributed by atoms with Gasteiger partial charge in [-0.15, -0.1) is 10.2 Å². The normalized spacial score (nSPS) is 21.5. The van der Waals surface area contributed by atoms with Gasteiger partial charge in [-0.25, -0.2) is 4.98 Å². The predicted octanol–water partition coefficient (Wildman–Crippen LogP) is 0.665. The van der Waals surface area contributed by atoms with E-state index in [9.17, 15) is 0 Å². The first kappa shape index (κ1) is 17.6. The molecule has 0 amide bonds. The third-order valence-electron chi connectivity index (χ3n) is 5.84. The van der Waals surface area contributed by atoms with Crippen LogP contribution in [0.1, 0.15) is 36.2 Å². The van der Waals surface area contributed by atoms with Crippen LogP contribution in [0.2, 0.25) is 0 Å². The van der Waals surface area contributed by atoms with E-state index < -0.39 is 0 Å². The number of imidazole rings is 1. The number of nitrogens with zero attached hydrogens (tertiary/aromatic N) is 7. The largest absolute Gasteiger partial charge is 0.348 e. The zero-order valence-corrected chi connectivity index (χ0v) is 15.9. The maximum absolute atomic E-state index is 4.56. The molecule has 0 saturated carbocycles. The Balaban J connectivity index is 1.32. The maximum Gasteiger partial charge on any atom is 0.146 e. The molecular formula is C18H30N8. The van der Waals surface area contributed by atoms with Gasteiger partial charge in [-0.3, -0.25) is 9.80 Å². The Morgan fingerprint density at radius 3 is 2.38 bits per heavy atom. The predicted molar refractivity (Wildman–Crippen MR) is 99.6 cm³/mol. The van der Waals surface area contributed by atoms with Gasteiger partial charge >= 0.3 is 0 Å². The van der Waals surface area contributed by atoms with Crippen molar-refractivity contribution in [2.24, 2.45) is 7.05 Å². The summed E-state index contributed by atoms with van der Waals surface area (Å²) in [5, 5.41) is 9.07. The fourth-order valence-electron chi connectivity index (χ4n) is 4.02. The summed E-state index contributed by atoms with van der Waals surface area (Å²) in [7, 11) is 4.33. The van der Waals surface area contributed by atoms with Crippen LogP contribution in [0.25, 0.3) is 0 Å². The third-order valence-corrected chi connectivity index (χ3v) is 5.84. The van der Waals surface area contributed by atoms with E-state index in [1.54, 1.807) is 0 Å². The molecule has 2 aliphatic heterocycles. The molecule has 142 valence electrons. The molecule has 1 N–H and O–H groups in total. The van der Waals surface area contributed by atoms with Gasteiger partial charge < -0.3 is 14.5 Å². The van der Waals surface area contributed by atoms with Gasteiger partial charge in [0.2, 0.25) is 0 Å². The van der Waals surface area contributed by atoms with Gasteiger partial charge in [0.25, 0.3) is 0 Å². The molecule has 26 heavy (non-hydrogen) atoms. The number of rotatable bonds is 5. The minimum absolute atomic E-state index is 0.515. The quantitative estimate of drug-likeness (QED) is 0.847. The smallest absolute Gasteiger partial charge is 0.146 e. The Kier molecular flexibility index (Phi) is 5.33. The number of likely N-dealkylation sites (N-methyl/N-ethyl adjacent to an activating group) is 1. The zero-order valence-electron chi connectivity index (χ0n) is 15.9. The molecule has 2 aromatic rings. The summed E-state index contributed by atoms with van der Waals surface area (Å²) >= 11 is 0. The second-order valence-corrected chi connectivity index (χ2v) is 7.70. The highest BCUT2D eigenvalue weighted by molar-refractivity contribution is 5.04. The summed E-state index contributed by atoms with van der Waals surface area (Å²) in [6.45, 7) is 8.51. The third kappa shape index (κ3) is 3.97.